The summed E-state index contributed by atoms with van der Waals surface area (Å²) in [6.45, 7) is 0.293. The van der Waals surface area contributed by atoms with Gasteiger partial charge in [-0.15, -0.1) is 0 Å². The zero-order valence-corrected chi connectivity index (χ0v) is 11.1. The van der Waals surface area contributed by atoms with Gasteiger partial charge in [0.2, 0.25) is 5.91 Å². The second-order valence-electron chi connectivity index (χ2n) is 4.07. The third-order valence-corrected chi connectivity index (χ3v) is 2.59. The van der Waals surface area contributed by atoms with E-state index in [1.165, 1.54) is 5.56 Å². The zero-order valence-electron chi connectivity index (χ0n) is 11.1. The van der Waals surface area contributed by atoms with Crippen molar-refractivity contribution in [1.29, 1.82) is 0 Å². The molecule has 0 aromatic heterocycles. The van der Waals surface area contributed by atoms with E-state index >= 15 is 0 Å². The number of nitrogens with two attached hydrogens (primary N) is 1. The third kappa shape index (κ3) is 6.42. The molecule has 6 heteroatoms. The summed E-state index contributed by atoms with van der Waals surface area (Å²) in [5.41, 5.74) is 6.67. The van der Waals surface area contributed by atoms with Crippen LogP contribution in [0.1, 0.15) is 18.4 Å². The van der Waals surface area contributed by atoms with Gasteiger partial charge in [-0.25, -0.2) is 5.43 Å². The van der Waals surface area contributed by atoms with Gasteiger partial charge in [0.05, 0.1) is 6.54 Å². The molecule has 1 amide bonds. The Balaban J connectivity index is 2.18. The smallest absolute Gasteiger partial charge is 0.220 e. The standard InChI is InChI=1S/C13H21N5O/c1-15-18-12(17-14)10-16-13(19)9-5-8-11-6-3-2-4-7-11/h2-4,6-7,15H,5,8-10,14H2,1H3,(H,16,19)(H,17,18). The highest BCUT2D eigenvalue weighted by atomic mass is 16.1. The predicted octanol–water partition coefficient (Wildman–Crippen LogP) is 0.122. The monoisotopic (exact) mass is 263 g/mol. The summed E-state index contributed by atoms with van der Waals surface area (Å²) in [6.07, 6.45) is 2.22. The van der Waals surface area contributed by atoms with Crippen molar-refractivity contribution in [2.24, 2.45) is 10.9 Å². The Morgan fingerprint density at radius 3 is 2.68 bits per heavy atom. The summed E-state index contributed by atoms with van der Waals surface area (Å²) in [4.78, 5) is 11.6. The van der Waals surface area contributed by atoms with Crippen molar-refractivity contribution >= 4 is 11.7 Å². The summed E-state index contributed by atoms with van der Waals surface area (Å²) < 4.78 is 0. The fourth-order valence-corrected chi connectivity index (χ4v) is 1.63. The third-order valence-electron chi connectivity index (χ3n) is 2.59. The van der Waals surface area contributed by atoms with Crippen LogP contribution in [0.4, 0.5) is 0 Å². The van der Waals surface area contributed by atoms with Crippen LogP contribution < -0.4 is 22.0 Å². The Morgan fingerprint density at radius 2 is 2.05 bits per heavy atom. The van der Waals surface area contributed by atoms with Gasteiger partial charge in [0.1, 0.15) is 0 Å². The number of hydrazone groups is 1. The Kier molecular flexibility index (Phi) is 7.04. The first-order valence-electron chi connectivity index (χ1n) is 6.26. The van der Waals surface area contributed by atoms with Crippen LogP contribution >= 0.6 is 0 Å². The molecule has 0 radical (unpaired) electrons. The maximum absolute atomic E-state index is 11.6. The van der Waals surface area contributed by atoms with E-state index in [1.54, 1.807) is 7.05 Å². The molecule has 0 unspecified atom stereocenters. The first-order valence-corrected chi connectivity index (χ1v) is 6.26. The summed E-state index contributed by atoms with van der Waals surface area (Å²) >= 11 is 0. The number of amides is 1. The molecule has 6 nitrogen and oxygen atoms in total. The van der Waals surface area contributed by atoms with Gasteiger partial charge < -0.3 is 16.6 Å². The lowest BCUT2D eigenvalue weighted by molar-refractivity contribution is -0.120. The molecule has 0 atom stereocenters. The Labute approximate surface area is 113 Å². The number of amidine groups is 1. The van der Waals surface area contributed by atoms with Crippen molar-refractivity contribution in [1.82, 2.24) is 16.2 Å². The van der Waals surface area contributed by atoms with Crippen molar-refractivity contribution in [2.45, 2.75) is 19.3 Å². The van der Waals surface area contributed by atoms with Gasteiger partial charge in [-0.2, -0.15) is 5.10 Å². The summed E-state index contributed by atoms with van der Waals surface area (Å²) in [5.74, 6) is 5.64. The number of hydrogen-bond donors (Lipinski definition) is 4. The molecule has 0 aliphatic carbocycles. The molecular weight excluding hydrogens is 242 g/mol. The second kappa shape index (κ2) is 8.93. The van der Waals surface area contributed by atoms with Crippen molar-refractivity contribution in [2.75, 3.05) is 13.6 Å². The predicted molar refractivity (Wildman–Crippen MR) is 76.2 cm³/mol. The van der Waals surface area contributed by atoms with E-state index in [0.29, 0.717) is 18.8 Å². The maximum atomic E-state index is 11.6. The lowest BCUT2D eigenvalue weighted by atomic mass is 10.1. The fraction of sp³-hybridized carbons (Fsp3) is 0.385. The molecule has 1 aromatic rings. The van der Waals surface area contributed by atoms with Gasteiger partial charge >= 0.3 is 0 Å². The Hall–Kier alpha value is -2.08. The molecule has 0 aliphatic heterocycles. The number of rotatable bonds is 7. The Morgan fingerprint density at radius 1 is 1.32 bits per heavy atom. The first kappa shape index (κ1) is 15.0. The van der Waals surface area contributed by atoms with Gasteiger partial charge in [0.15, 0.2) is 5.84 Å². The molecule has 1 aromatic carbocycles. The van der Waals surface area contributed by atoms with Crippen molar-refractivity contribution in [3.63, 3.8) is 0 Å². The normalized spacial score (nSPS) is 11.1. The van der Waals surface area contributed by atoms with E-state index in [1.807, 2.05) is 18.2 Å². The largest absolute Gasteiger partial charge is 0.349 e. The van der Waals surface area contributed by atoms with Crippen LogP contribution in [0.3, 0.4) is 0 Å². The van der Waals surface area contributed by atoms with Crippen LogP contribution in [0.25, 0.3) is 0 Å². The lowest BCUT2D eigenvalue weighted by Crippen LogP contribution is -2.42. The van der Waals surface area contributed by atoms with E-state index < -0.39 is 0 Å². The summed E-state index contributed by atoms with van der Waals surface area (Å²) in [5, 5.41) is 6.26. The number of nitrogens with one attached hydrogen (secondary N) is 3. The molecule has 5 N–H and O–H groups in total. The van der Waals surface area contributed by atoms with Crippen LogP contribution in [0, 0.1) is 0 Å². The van der Waals surface area contributed by atoms with Gasteiger partial charge in [0.25, 0.3) is 0 Å². The first-order chi connectivity index (χ1) is 9.26. The van der Waals surface area contributed by atoms with Crippen LogP contribution in [-0.2, 0) is 11.2 Å². The van der Waals surface area contributed by atoms with E-state index in [2.05, 4.69) is 33.4 Å². The highest BCUT2D eigenvalue weighted by molar-refractivity contribution is 5.87. The van der Waals surface area contributed by atoms with Crippen LogP contribution in [0.5, 0.6) is 0 Å². The molecule has 0 heterocycles. The van der Waals surface area contributed by atoms with Gasteiger partial charge in [-0.3, -0.25) is 4.79 Å². The highest BCUT2D eigenvalue weighted by Gasteiger charge is 2.03. The van der Waals surface area contributed by atoms with Crippen LogP contribution in [0.15, 0.2) is 35.4 Å². The van der Waals surface area contributed by atoms with E-state index in [-0.39, 0.29) is 5.91 Å². The number of hydrogen-bond acceptors (Lipinski definition) is 4. The molecule has 0 saturated heterocycles. The summed E-state index contributed by atoms with van der Waals surface area (Å²) in [6, 6.07) is 10.1. The number of carbonyl (C=O) groups excluding carboxylic acids is 1. The molecule has 19 heavy (non-hydrogen) atoms. The molecule has 0 spiro atoms. The van der Waals surface area contributed by atoms with E-state index in [9.17, 15) is 4.79 Å². The maximum Gasteiger partial charge on any atom is 0.220 e. The molecule has 0 fully saturated rings. The van der Waals surface area contributed by atoms with E-state index in [0.717, 1.165) is 12.8 Å². The fourth-order valence-electron chi connectivity index (χ4n) is 1.63. The Bertz CT molecular complexity index is 405. The molecular formula is C13H21N5O. The minimum atomic E-state index is -0.00464. The van der Waals surface area contributed by atoms with Crippen molar-refractivity contribution in [3.8, 4) is 0 Å². The van der Waals surface area contributed by atoms with Crippen LogP contribution in [-0.4, -0.2) is 25.3 Å². The molecule has 104 valence electrons. The molecule has 0 bridgehead atoms. The lowest BCUT2D eigenvalue weighted by Gasteiger charge is -2.08. The number of nitrogens with zero attached hydrogens (tertiary/aromatic N) is 1. The average molecular weight is 263 g/mol. The average Bonchev–Trinajstić information content (AvgIpc) is 2.44. The molecule has 1 rings (SSSR count). The number of hydrazine groups is 1. The van der Waals surface area contributed by atoms with Crippen LogP contribution in [0.2, 0.25) is 0 Å². The number of aryl methyl sites for hydroxylation is 1. The quantitative estimate of drug-likeness (QED) is 0.243. The molecule has 0 aliphatic rings. The van der Waals surface area contributed by atoms with Crippen molar-refractivity contribution < 1.29 is 4.79 Å². The zero-order chi connectivity index (χ0) is 13.9. The van der Waals surface area contributed by atoms with E-state index in [4.69, 9.17) is 5.84 Å². The SMILES string of the molecule is CNN/C(CNC(=O)CCCc1ccccc1)=N\N. The van der Waals surface area contributed by atoms with Gasteiger partial charge in [-0.05, 0) is 18.4 Å². The van der Waals surface area contributed by atoms with Crippen molar-refractivity contribution in [3.05, 3.63) is 35.9 Å². The van der Waals surface area contributed by atoms with Gasteiger partial charge in [-0.1, -0.05) is 30.3 Å². The van der Waals surface area contributed by atoms with Gasteiger partial charge in [0, 0.05) is 13.5 Å². The number of carbonyl (C=O) groups is 1. The highest BCUT2D eigenvalue weighted by Crippen LogP contribution is 2.04. The minimum Gasteiger partial charge on any atom is -0.349 e. The summed E-state index contributed by atoms with van der Waals surface area (Å²) in [7, 11) is 1.70. The minimum absolute atomic E-state index is 0.00464. The second-order valence-corrected chi connectivity index (χ2v) is 4.07. The number of benzene rings is 1. The topological polar surface area (TPSA) is 91.5 Å². The molecule has 0 saturated carbocycles.